The van der Waals surface area contributed by atoms with Gasteiger partial charge in [-0.25, -0.2) is 0 Å². The molecule has 0 aliphatic carbocycles. The minimum absolute atomic E-state index is 0.893. The molecule has 0 unspecified atom stereocenters. The zero-order valence-corrected chi connectivity index (χ0v) is 8.47. The highest BCUT2D eigenvalue weighted by Crippen LogP contribution is 2.28. The van der Waals surface area contributed by atoms with E-state index in [1.54, 1.807) is 7.11 Å². The van der Waals surface area contributed by atoms with Gasteiger partial charge in [0, 0.05) is 11.3 Å². The van der Waals surface area contributed by atoms with Crippen molar-refractivity contribution >= 4 is 5.69 Å². The third-order valence-corrected chi connectivity index (χ3v) is 2.75. The summed E-state index contributed by atoms with van der Waals surface area (Å²) in [5, 5.41) is 3.36. The fourth-order valence-corrected chi connectivity index (χ4v) is 2.00. The second kappa shape index (κ2) is 3.88. The zero-order chi connectivity index (χ0) is 9.97. The molecule has 1 aliphatic rings. The molecule has 0 fully saturated rings. The van der Waals surface area contributed by atoms with E-state index in [9.17, 15) is 0 Å². The molecule has 1 aromatic carbocycles. The van der Waals surface area contributed by atoms with Gasteiger partial charge in [0.15, 0.2) is 0 Å². The fraction of sp³-hybridized carbons (Fsp3) is 0.455. The quantitative estimate of drug-likeness (QED) is 0.652. The van der Waals surface area contributed by atoms with Gasteiger partial charge in [0.05, 0.1) is 7.11 Å². The maximum Gasteiger partial charge on any atom is 0.122 e. The van der Waals surface area contributed by atoms with Crippen LogP contribution in [0, 0.1) is 0 Å². The first kappa shape index (κ1) is 9.34. The number of fused-ring (bicyclic) bond motifs is 1. The van der Waals surface area contributed by atoms with Gasteiger partial charge < -0.3 is 15.8 Å². The van der Waals surface area contributed by atoms with Crippen molar-refractivity contribution < 1.29 is 4.74 Å². The Morgan fingerprint density at radius 2 is 1.93 bits per heavy atom. The van der Waals surface area contributed by atoms with Crippen LogP contribution >= 0.6 is 0 Å². The van der Waals surface area contributed by atoms with Crippen molar-refractivity contribution in [3.05, 3.63) is 23.3 Å². The maximum atomic E-state index is 5.95. The molecule has 3 N–H and O–H groups in total. The smallest absolute Gasteiger partial charge is 0.122 e. The standard InChI is InChI=1S/C11H16N2O/c1-14-11-3-2-10(12)8-4-6-13-7-5-9(8)11/h2-3,13H,4-7,12H2,1H3. The van der Waals surface area contributed by atoms with E-state index in [0.29, 0.717) is 0 Å². The summed E-state index contributed by atoms with van der Waals surface area (Å²) in [6, 6.07) is 3.89. The molecule has 1 aromatic rings. The summed E-state index contributed by atoms with van der Waals surface area (Å²) >= 11 is 0. The molecule has 0 amide bonds. The van der Waals surface area contributed by atoms with Crippen molar-refractivity contribution in [3.8, 4) is 5.75 Å². The van der Waals surface area contributed by atoms with E-state index in [-0.39, 0.29) is 0 Å². The number of hydrogen-bond donors (Lipinski definition) is 2. The van der Waals surface area contributed by atoms with E-state index >= 15 is 0 Å². The Hall–Kier alpha value is -1.22. The molecule has 76 valence electrons. The van der Waals surface area contributed by atoms with E-state index in [1.165, 1.54) is 11.1 Å². The van der Waals surface area contributed by atoms with E-state index in [0.717, 1.165) is 37.4 Å². The highest BCUT2D eigenvalue weighted by Gasteiger charge is 2.14. The number of hydrogen-bond acceptors (Lipinski definition) is 3. The van der Waals surface area contributed by atoms with Gasteiger partial charge in [-0.05, 0) is 43.6 Å². The minimum Gasteiger partial charge on any atom is -0.496 e. The van der Waals surface area contributed by atoms with Gasteiger partial charge in [-0.2, -0.15) is 0 Å². The maximum absolute atomic E-state index is 5.95. The third-order valence-electron chi connectivity index (χ3n) is 2.75. The Labute approximate surface area is 84.3 Å². The first-order valence-electron chi connectivity index (χ1n) is 4.98. The Kier molecular flexibility index (Phi) is 2.59. The number of rotatable bonds is 1. The fourth-order valence-electron chi connectivity index (χ4n) is 2.00. The predicted molar refractivity (Wildman–Crippen MR) is 57.7 cm³/mol. The number of nitrogen functional groups attached to an aromatic ring is 1. The molecule has 0 saturated carbocycles. The topological polar surface area (TPSA) is 47.3 Å². The summed E-state index contributed by atoms with van der Waals surface area (Å²) in [6.45, 7) is 2.01. The third kappa shape index (κ3) is 1.55. The van der Waals surface area contributed by atoms with Gasteiger partial charge >= 0.3 is 0 Å². The first-order valence-corrected chi connectivity index (χ1v) is 4.98. The average Bonchev–Trinajstić information content (AvgIpc) is 2.44. The first-order chi connectivity index (χ1) is 6.83. The molecule has 0 bridgehead atoms. The molecule has 0 spiro atoms. The molecule has 3 nitrogen and oxygen atoms in total. The van der Waals surface area contributed by atoms with Crippen LogP contribution in [-0.4, -0.2) is 20.2 Å². The van der Waals surface area contributed by atoms with Crippen LogP contribution in [0.1, 0.15) is 11.1 Å². The second-order valence-electron chi connectivity index (χ2n) is 3.56. The summed E-state index contributed by atoms with van der Waals surface area (Å²) < 4.78 is 5.34. The van der Waals surface area contributed by atoms with Crippen molar-refractivity contribution in [2.24, 2.45) is 0 Å². The van der Waals surface area contributed by atoms with Gasteiger partial charge in [-0.15, -0.1) is 0 Å². The number of nitrogens with two attached hydrogens (primary N) is 1. The summed E-state index contributed by atoms with van der Waals surface area (Å²) in [4.78, 5) is 0. The minimum atomic E-state index is 0.893. The molecule has 2 rings (SSSR count). The van der Waals surface area contributed by atoms with Crippen LogP contribution in [0.4, 0.5) is 5.69 Å². The molecule has 1 aliphatic heterocycles. The molecular formula is C11H16N2O. The molecule has 0 saturated heterocycles. The lowest BCUT2D eigenvalue weighted by molar-refractivity contribution is 0.409. The van der Waals surface area contributed by atoms with Gasteiger partial charge in [0.25, 0.3) is 0 Å². The van der Waals surface area contributed by atoms with Crippen molar-refractivity contribution in [1.29, 1.82) is 0 Å². The second-order valence-corrected chi connectivity index (χ2v) is 3.56. The van der Waals surface area contributed by atoms with E-state index in [2.05, 4.69) is 5.32 Å². The highest BCUT2D eigenvalue weighted by molar-refractivity contribution is 5.57. The number of nitrogens with one attached hydrogen (secondary N) is 1. The Morgan fingerprint density at radius 1 is 1.21 bits per heavy atom. The molecule has 0 aromatic heterocycles. The Bertz CT molecular complexity index is 336. The van der Waals surface area contributed by atoms with E-state index in [1.807, 2.05) is 12.1 Å². The average molecular weight is 192 g/mol. The van der Waals surface area contributed by atoms with Gasteiger partial charge in [-0.1, -0.05) is 0 Å². The lowest BCUT2D eigenvalue weighted by Crippen LogP contribution is -2.16. The molecule has 0 atom stereocenters. The highest BCUT2D eigenvalue weighted by atomic mass is 16.5. The lowest BCUT2D eigenvalue weighted by Gasteiger charge is -2.12. The van der Waals surface area contributed by atoms with Gasteiger partial charge in [0.2, 0.25) is 0 Å². The van der Waals surface area contributed by atoms with E-state index < -0.39 is 0 Å². The summed E-state index contributed by atoms with van der Waals surface area (Å²) in [5.74, 6) is 0.970. The van der Waals surface area contributed by atoms with Crippen LogP contribution in [0.2, 0.25) is 0 Å². The molecule has 3 heteroatoms. The Balaban J connectivity index is 2.49. The largest absolute Gasteiger partial charge is 0.496 e. The van der Waals surface area contributed by atoms with Crippen LogP contribution in [0.15, 0.2) is 12.1 Å². The van der Waals surface area contributed by atoms with Gasteiger partial charge in [0.1, 0.15) is 5.75 Å². The number of anilines is 1. The number of ether oxygens (including phenoxy) is 1. The van der Waals surface area contributed by atoms with Gasteiger partial charge in [-0.3, -0.25) is 0 Å². The number of methoxy groups -OCH3 is 1. The van der Waals surface area contributed by atoms with Crippen LogP contribution in [-0.2, 0) is 12.8 Å². The molecule has 14 heavy (non-hydrogen) atoms. The molecular weight excluding hydrogens is 176 g/mol. The molecule has 0 radical (unpaired) electrons. The Morgan fingerprint density at radius 3 is 2.64 bits per heavy atom. The lowest BCUT2D eigenvalue weighted by atomic mass is 10.00. The van der Waals surface area contributed by atoms with Crippen molar-refractivity contribution in [2.45, 2.75) is 12.8 Å². The van der Waals surface area contributed by atoms with Crippen molar-refractivity contribution in [3.63, 3.8) is 0 Å². The predicted octanol–water partition coefficient (Wildman–Crippen LogP) is 0.966. The van der Waals surface area contributed by atoms with Crippen LogP contribution in [0.25, 0.3) is 0 Å². The van der Waals surface area contributed by atoms with Crippen molar-refractivity contribution in [2.75, 3.05) is 25.9 Å². The van der Waals surface area contributed by atoms with Crippen LogP contribution in [0.3, 0.4) is 0 Å². The number of benzene rings is 1. The normalized spacial score (nSPS) is 15.8. The molecule has 1 heterocycles. The van der Waals surface area contributed by atoms with Crippen LogP contribution < -0.4 is 15.8 Å². The van der Waals surface area contributed by atoms with Crippen molar-refractivity contribution in [1.82, 2.24) is 5.32 Å². The monoisotopic (exact) mass is 192 g/mol. The van der Waals surface area contributed by atoms with Crippen LogP contribution in [0.5, 0.6) is 5.75 Å². The summed E-state index contributed by atoms with van der Waals surface area (Å²) in [7, 11) is 1.71. The summed E-state index contributed by atoms with van der Waals surface area (Å²) in [6.07, 6.45) is 2.00. The SMILES string of the molecule is COc1ccc(N)c2c1CCNCC2. The van der Waals surface area contributed by atoms with E-state index in [4.69, 9.17) is 10.5 Å². The zero-order valence-electron chi connectivity index (χ0n) is 8.47. The summed E-state index contributed by atoms with van der Waals surface area (Å²) in [5.41, 5.74) is 9.38.